The zero-order valence-electron chi connectivity index (χ0n) is 7.95. The van der Waals surface area contributed by atoms with Crippen LogP contribution in [-0.2, 0) is 9.59 Å². The van der Waals surface area contributed by atoms with Crippen LogP contribution >= 0.6 is 11.6 Å². The summed E-state index contributed by atoms with van der Waals surface area (Å²) >= 11 is 5.58. The molecule has 1 heterocycles. The molecule has 15 heavy (non-hydrogen) atoms. The normalized spacial score (nSPS) is 9.47. The van der Waals surface area contributed by atoms with Crippen molar-refractivity contribution in [3.8, 4) is 0 Å². The van der Waals surface area contributed by atoms with Gasteiger partial charge in [-0.05, 0) is 0 Å². The first-order valence-electron chi connectivity index (χ1n) is 4.10. The smallest absolute Gasteiger partial charge is 0.244 e. The summed E-state index contributed by atoms with van der Waals surface area (Å²) in [6, 6.07) is 1.41. The Kier molecular flexibility index (Phi) is 3.99. The molecule has 0 aliphatic rings. The van der Waals surface area contributed by atoms with Crippen LogP contribution in [0.3, 0.4) is 0 Å². The van der Waals surface area contributed by atoms with Gasteiger partial charge in [0.25, 0.3) is 0 Å². The number of carbonyl (C=O) groups is 2. The summed E-state index contributed by atoms with van der Waals surface area (Å²) in [5.74, 6) is -0.351. The Morgan fingerprint density at radius 3 is 2.80 bits per heavy atom. The van der Waals surface area contributed by atoms with Gasteiger partial charge in [-0.1, -0.05) is 11.6 Å². The Morgan fingerprint density at radius 1 is 1.47 bits per heavy atom. The third-order valence-electron chi connectivity index (χ3n) is 1.40. The molecule has 6 nitrogen and oxygen atoms in total. The molecule has 0 radical (unpaired) electrons. The number of halogens is 1. The minimum absolute atomic E-state index is 0.100. The second kappa shape index (κ2) is 5.26. The topological polar surface area (TPSA) is 84.0 Å². The first kappa shape index (κ1) is 11.4. The molecule has 0 saturated carbocycles. The van der Waals surface area contributed by atoms with Crippen molar-refractivity contribution in [1.29, 1.82) is 0 Å². The molecule has 2 amide bonds. The molecule has 1 aromatic rings. The van der Waals surface area contributed by atoms with E-state index in [0.717, 1.165) is 0 Å². The Labute approximate surface area is 91.1 Å². The minimum Gasteiger partial charge on any atom is -0.347 e. The van der Waals surface area contributed by atoms with Gasteiger partial charge in [0.05, 0.1) is 6.54 Å². The first-order chi connectivity index (χ1) is 7.08. The van der Waals surface area contributed by atoms with Gasteiger partial charge in [-0.25, -0.2) is 9.97 Å². The largest absolute Gasteiger partial charge is 0.347 e. The third-order valence-corrected chi connectivity index (χ3v) is 1.61. The van der Waals surface area contributed by atoms with Crippen molar-refractivity contribution in [2.75, 3.05) is 11.9 Å². The third kappa shape index (κ3) is 4.37. The molecule has 2 N–H and O–H groups in total. The van der Waals surface area contributed by atoms with Crippen LogP contribution in [0.15, 0.2) is 12.4 Å². The minimum atomic E-state index is -0.375. The molecule has 0 fully saturated rings. The van der Waals surface area contributed by atoms with Crippen LogP contribution in [-0.4, -0.2) is 28.3 Å². The van der Waals surface area contributed by atoms with Crippen LogP contribution in [0.25, 0.3) is 0 Å². The van der Waals surface area contributed by atoms with E-state index in [1.165, 1.54) is 19.3 Å². The fourth-order valence-corrected chi connectivity index (χ4v) is 0.941. The summed E-state index contributed by atoms with van der Waals surface area (Å²) in [5, 5.41) is 5.04. The Balaban J connectivity index is 2.48. The predicted octanol–water partition coefficient (Wildman–Crippen LogP) is 0.205. The van der Waals surface area contributed by atoms with Gasteiger partial charge in [0.1, 0.15) is 17.3 Å². The van der Waals surface area contributed by atoms with Gasteiger partial charge in [0.15, 0.2) is 0 Å². The van der Waals surface area contributed by atoms with E-state index < -0.39 is 0 Å². The molecule has 0 aliphatic carbocycles. The average Bonchev–Trinajstić information content (AvgIpc) is 2.15. The molecule has 0 spiro atoms. The number of rotatable bonds is 3. The first-order valence-corrected chi connectivity index (χ1v) is 4.47. The van der Waals surface area contributed by atoms with Crippen molar-refractivity contribution < 1.29 is 9.59 Å². The summed E-state index contributed by atoms with van der Waals surface area (Å²) in [7, 11) is 0. The van der Waals surface area contributed by atoms with Crippen LogP contribution in [0.4, 0.5) is 5.82 Å². The second-order valence-corrected chi connectivity index (χ2v) is 3.07. The van der Waals surface area contributed by atoms with Gasteiger partial charge in [-0.15, -0.1) is 0 Å². The molecule has 0 saturated heterocycles. The van der Waals surface area contributed by atoms with Crippen molar-refractivity contribution in [3.63, 3.8) is 0 Å². The maximum Gasteiger partial charge on any atom is 0.244 e. The SMILES string of the molecule is CC(=O)NCC(=O)Nc1cc(Cl)ncn1. The van der Waals surface area contributed by atoms with Gasteiger partial charge in [0, 0.05) is 13.0 Å². The number of hydrogen-bond acceptors (Lipinski definition) is 4. The lowest BCUT2D eigenvalue weighted by Gasteiger charge is -2.04. The molecular weight excluding hydrogens is 220 g/mol. The molecule has 0 atom stereocenters. The highest BCUT2D eigenvalue weighted by Gasteiger charge is 2.04. The lowest BCUT2D eigenvalue weighted by Crippen LogP contribution is -2.31. The number of hydrogen-bond donors (Lipinski definition) is 2. The van der Waals surface area contributed by atoms with E-state index in [-0.39, 0.29) is 23.5 Å². The maximum absolute atomic E-state index is 11.2. The molecule has 0 bridgehead atoms. The van der Waals surface area contributed by atoms with E-state index in [1.54, 1.807) is 0 Å². The van der Waals surface area contributed by atoms with Crippen molar-refractivity contribution in [1.82, 2.24) is 15.3 Å². The number of anilines is 1. The fourth-order valence-electron chi connectivity index (χ4n) is 0.794. The number of aromatic nitrogens is 2. The zero-order chi connectivity index (χ0) is 11.3. The van der Waals surface area contributed by atoms with Crippen LogP contribution in [0.1, 0.15) is 6.92 Å². The van der Waals surface area contributed by atoms with Crippen LogP contribution < -0.4 is 10.6 Å². The van der Waals surface area contributed by atoms with E-state index in [0.29, 0.717) is 5.82 Å². The predicted molar refractivity (Wildman–Crippen MR) is 54.4 cm³/mol. The molecule has 1 rings (SSSR count). The van der Waals surface area contributed by atoms with Gasteiger partial charge in [-0.3, -0.25) is 9.59 Å². The van der Waals surface area contributed by atoms with Crippen molar-refractivity contribution in [2.24, 2.45) is 0 Å². The Bertz CT molecular complexity index is 383. The molecule has 7 heteroatoms. The number of nitrogens with one attached hydrogen (secondary N) is 2. The summed E-state index contributed by atoms with van der Waals surface area (Å²) in [6.45, 7) is 1.23. The van der Waals surface area contributed by atoms with E-state index in [1.807, 2.05) is 0 Å². The van der Waals surface area contributed by atoms with E-state index in [2.05, 4.69) is 20.6 Å². The van der Waals surface area contributed by atoms with Crippen LogP contribution in [0, 0.1) is 0 Å². The van der Waals surface area contributed by atoms with E-state index in [4.69, 9.17) is 11.6 Å². The Hall–Kier alpha value is -1.69. The second-order valence-electron chi connectivity index (χ2n) is 2.68. The lowest BCUT2D eigenvalue weighted by molar-refractivity contribution is -0.122. The molecular formula is C8H9ClN4O2. The van der Waals surface area contributed by atoms with Crippen molar-refractivity contribution in [3.05, 3.63) is 17.5 Å². The highest BCUT2D eigenvalue weighted by atomic mass is 35.5. The average molecular weight is 229 g/mol. The summed E-state index contributed by atoms with van der Waals surface area (Å²) < 4.78 is 0. The fraction of sp³-hybridized carbons (Fsp3) is 0.250. The lowest BCUT2D eigenvalue weighted by atomic mass is 10.5. The summed E-state index contributed by atoms with van der Waals surface area (Å²) in [4.78, 5) is 29.1. The monoisotopic (exact) mass is 228 g/mol. The van der Waals surface area contributed by atoms with Crippen molar-refractivity contribution in [2.45, 2.75) is 6.92 Å². The molecule has 0 unspecified atom stereocenters. The van der Waals surface area contributed by atoms with Gasteiger partial charge in [-0.2, -0.15) is 0 Å². The molecule has 1 aromatic heterocycles. The van der Waals surface area contributed by atoms with E-state index >= 15 is 0 Å². The van der Waals surface area contributed by atoms with Crippen LogP contribution in [0.2, 0.25) is 5.15 Å². The highest BCUT2D eigenvalue weighted by Crippen LogP contribution is 2.07. The quantitative estimate of drug-likeness (QED) is 0.724. The standard InChI is InChI=1S/C8H9ClN4O2/c1-5(14)10-3-8(15)13-7-2-6(9)11-4-12-7/h2,4H,3H2,1H3,(H,10,14)(H,11,12,13,15). The molecule has 80 valence electrons. The van der Waals surface area contributed by atoms with Gasteiger partial charge in [0.2, 0.25) is 11.8 Å². The van der Waals surface area contributed by atoms with Gasteiger partial charge < -0.3 is 10.6 Å². The number of carbonyl (C=O) groups excluding carboxylic acids is 2. The van der Waals surface area contributed by atoms with Gasteiger partial charge >= 0.3 is 0 Å². The summed E-state index contributed by atoms with van der Waals surface area (Å²) in [6.07, 6.45) is 1.23. The number of nitrogens with zero attached hydrogens (tertiary/aromatic N) is 2. The zero-order valence-corrected chi connectivity index (χ0v) is 8.71. The number of amides is 2. The van der Waals surface area contributed by atoms with E-state index in [9.17, 15) is 9.59 Å². The van der Waals surface area contributed by atoms with Crippen LogP contribution in [0.5, 0.6) is 0 Å². The molecule has 0 aromatic carbocycles. The summed E-state index contributed by atoms with van der Waals surface area (Å²) in [5.41, 5.74) is 0. The van der Waals surface area contributed by atoms with Crippen molar-refractivity contribution >= 4 is 29.2 Å². The Morgan fingerprint density at radius 2 is 2.20 bits per heavy atom. The molecule has 0 aliphatic heterocycles. The highest BCUT2D eigenvalue weighted by molar-refractivity contribution is 6.29. The maximum atomic E-state index is 11.2.